The molecule has 0 spiro atoms. The highest BCUT2D eigenvalue weighted by Crippen LogP contribution is 2.27. The Morgan fingerprint density at radius 2 is 1.73 bits per heavy atom. The van der Waals surface area contributed by atoms with Crippen LogP contribution < -0.4 is 20.7 Å². The van der Waals surface area contributed by atoms with Crippen LogP contribution in [0.3, 0.4) is 0 Å². The summed E-state index contributed by atoms with van der Waals surface area (Å²) in [6, 6.07) is 12.2. The summed E-state index contributed by atoms with van der Waals surface area (Å²) in [4.78, 5) is 24.6. The number of hydrogen-bond acceptors (Lipinski definition) is 4. The van der Waals surface area contributed by atoms with E-state index in [1.54, 1.807) is 6.08 Å². The number of halogens is 3. The Hall–Kier alpha value is -3.75. The first-order chi connectivity index (χ1) is 15.7. The van der Waals surface area contributed by atoms with E-state index in [9.17, 15) is 22.8 Å². The molecule has 0 atom stereocenters. The number of rotatable bonds is 8. The molecule has 174 valence electrons. The third kappa shape index (κ3) is 5.36. The van der Waals surface area contributed by atoms with Crippen LogP contribution in [0.4, 0.5) is 13.2 Å². The highest BCUT2D eigenvalue weighted by Gasteiger charge is 2.35. The normalized spacial score (nSPS) is 11.3. The lowest BCUT2D eigenvalue weighted by atomic mass is 10.1. The van der Waals surface area contributed by atoms with Crippen LogP contribution >= 0.6 is 0 Å². The fraction of sp³-hybridized carbons (Fsp3) is 0.250. The van der Waals surface area contributed by atoms with Gasteiger partial charge in [0.25, 0.3) is 5.56 Å². The third-order valence-electron chi connectivity index (χ3n) is 5.00. The molecule has 0 aliphatic rings. The molecule has 33 heavy (non-hydrogen) atoms. The van der Waals surface area contributed by atoms with E-state index in [-0.39, 0.29) is 12.3 Å². The summed E-state index contributed by atoms with van der Waals surface area (Å²) in [6.45, 7) is 6.25. The minimum Gasteiger partial charge on any atom is -0.489 e. The summed E-state index contributed by atoms with van der Waals surface area (Å²) < 4.78 is 51.6. The summed E-state index contributed by atoms with van der Waals surface area (Å²) in [6.07, 6.45) is -2.31. The molecule has 0 radical (unpaired) electrons. The number of alkyl halides is 3. The predicted molar refractivity (Wildman–Crippen MR) is 118 cm³/mol. The SMILES string of the molecule is C=CCOc1cc(CC)ccc1COc1ccc(-n2c(=O)cc(C(F)(F)F)n(C)c2=O)cc1. The number of aryl methyl sites for hydroxylation is 1. The van der Waals surface area contributed by atoms with Crippen LogP contribution in [0.15, 0.2) is 70.8 Å². The Kier molecular flexibility index (Phi) is 7.10. The lowest BCUT2D eigenvalue weighted by Crippen LogP contribution is -2.40. The minimum absolute atomic E-state index is 0.129. The first-order valence-electron chi connectivity index (χ1n) is 10.1. The number of nitrogens with zero attached hydrogens (tertiary/aromatic N) is 2. The molecule has 0 aliphatic carbocycles. The third-order valence-corrected chi connectivity index (χ3v) is 5.00. The van der Waals surface area contributed by atoms with Crippen LogP contribution in [-0.2, 0) is 26.3 Å². The summed E-state index contributed by atoms with van der Waals surface area (Å²) in [5, 5.41) is 0. The molecule has 0 N–H and O–H groups in total. The number of hydrogen-bond donors (Lipinski definition) is 0. The Balaban J connectivity index is 1.83. The van der Waals surface area contributed by atoms with Crippen molar-refractivity contribution in [2.75, 3.05) is 6.61 Å². The van der Waals surface area contributed by atoms with Crippen molar-refractivity contribution in [3.63, 3.8) is 0 Å². The van der Waals surface area contributed by atoms with E-state index in [2.05, 4.69) is 6.58 Å². The van der Waals surface area contributed by atoms with E-state index in [1.165, 1.54) is 24.3 Å². The van der Waals surface area contributed by atoms with Gasteiger partial charge in [-0.3, -0.25) is 9.36 Å². The second-order valence-corrected chi connectivity index (χ2v) is 7.22. The van der Waals surface area contributed by atoms with Crippen molar-refractivity contribution in [3.8, 4) is 17.2 Å². The van der Waals surface area contributed by atoms with Crippen LogP contribution in [0.1, 0.15) is 23.7 Å². The Morgan fingerprint density at radius 1 is 1.03 bits per heavy atom. The predicted octanol–water partition coefficient (Wildman–Crippen LogP) is 4.26. The molecule has 0 amide bonds. The molecule has 0 fully saturated rings. The van der Waals surface area contributed by atoms with E-state index >= 15 is 0 Å². The lowest BCUT2D eigenvalue weighted by Gasteiger charge is -2.15. The summed E-state index contributed by atoms with van der Waals surface area (Å²) in [5.74, 6) is 1.13. The maximum absolute atomic E-state index is 13.0. The topological polar surface area (TPSA) is 62.5 Å². The number of ether oxygens (including phenoxy) is 2. The molecular weight excluding hydrogens is 437 g/mol. The van der Waals surface area contributed by atoms with Crippen LogP contribution in [0, 0.1) is 0 Å². The molecule has 6 nitrogen and oxygen atoms in total. The molecule has 0 unspecified atom stereocenters. The van der Waals surface area contributed by atoms with Crippen molar-refractivity contribution in [2.24, 2.45) is 7.05 Å². The van der Waals surface area contributed by atoms with E-state index in [4.69, 9.17) is 9.47 Å². The fourth-order valence-corrected chi connectivity index (χ4v) is 3.21. The maximum Gasteiger partial charge on any atom is 0.431 e. The van der Waals surface area contributed by atoms with E-state index in [1.807, 2.05) is 25.1 Å². The van der Waals surface area contributed by atoms with Gasteiger partial charge in [0, 0.05) is 18.7 Å². The van der Waals surface area contributed by atoms with Crippen molar-refractivity contribution >= 4 is 0 Å². The van der Waals surface area contributed by atoms with Gasteiger partial charge in [0.05, 0.1) is 5.69 Å². The van der Waals surface area contributed by atoms with Gasteiger partial charge in [-0.2, -0.15) is 13.2 Å². The smallest absolute Gasteiger partial charge is 0.431 e. The van der Waals surface area contributed by atoms with Gasteiger partial charge in [-0.1, -0.05) is 31.7 Å². The molecule has 3 aromatic rings. The average molecular weight is 460 g/mol. The second kappa shape index (κ2) is 9.81. The maximum atomic E-state index is 13.0. The zero-order valence-electron chi connectivity index (χ0n) is 18.2. The monoisotopic (exact) mass is 460 g/mol. The molecule has 1 aromatic heterocycles. The molecule has 0 aliphatic heterocycles. The van der Waals surface area contributed by atoms with E-state index in [0.717, 1.165) is 24.6 Å². The summed E-state index contributed by atoms with van der Waals surface area (Å²) >= 11 is 0. The Bertz CT molecular complexity index is 1260. The summed E-state index contributed by atoms with van der Waals surface area (Å²) in [7, 11) is 0.967. The van der Waals surface area contributed by atoms with Crippen LogP contribution in [0.2, 0.25) is 0 Å². The lowest BCUT2D eigenvalue weighted by molar-refractivity contribution is -0.144. The Morgan fingerprint density at radius 3 is 2.33 bits per heavy atom. The van der Waals surface area contributed by atoms with Crippen molar-refractivity contribution in [1.29, 1.82) is 0 Å². The van der Waals surface area contributed by atoms with Gasteiger partial charge >= 0.3 is 11.9 Å². The Labute approximate surface area is 188 Å². The quantitative estimate of drug-likeness (QED) is 0.472. The second-order valence-electron chi connectivity index (χ2n) is 7.22. The largest absolute Gasteiger partial charge is 0.489 e. The van der Waals surface area contributed by atoms with Gasteiger partial charge in [-0.05, 0) is 42.3 Å². The van der Waals surface area contributed by atoms with Gasteiger partial charge in [0.2, 0.25) is 0 Å². The van der Waals surface area contributed by atoms with Crippen molar-refractivity contribution in [1.82, 2.24) is 9.13 Å². The van der Waals surface area contributed by atoms with Crippen molar-refractivity contribution < 1.29 is 22.6 Å². The van der Waals surface area contributed by atoms with Crippen LogP contribution in [-0.4, -0.2) is 15.7 Å². The molecule has 9 heteroatoms. The van der Waals surface area contributed by atoms with Gasteiger partial charge in [-0.25, -0.2) is 9.36 Å². The molecular formula is C24H23F3N2O4. The van der Waals surface area contributed by atoms with E-state index < -0.39 is 23.1 Å². The van der Waals surface area contributed by atoms with Crippen LogP contribution in [0.5, 0.6) is 11.5 Å². The standard InChI is InChI=1S/C24H23F3N2O4/c1-4-12-32-20-13-16(5-2)6-7-17(20)15-33-19-10-8-18(9-11-19)29-22(30)14-21(24(25,26)27)28(3)23(29)31/h4,6-11,13-14H,1,5,12,15H2,2-3H3. The molecule has 0 saturated heterocycles. The summed E-state index contributed by atoms with van der Waals surface area (Å²) in [5.41, 5.74) is -1.40. The fourth-order valence-electron chi connectivity index (χ4n) is 3.21. The van der Waals surface area contributed by atoms with Crippen molar-refractivity contribution in [2.45, 2.75) is 26.1 Å². The molecule has 1 heterocycles. The van der Waals surface area contributed by atoms with E-state index in [0.29, 0.717) is 33.3 Å². The first-order valence-corrected chi connectivity index (χ1v) is 10.1. The zero-order chi connectivity index (χ0) is 24.2. The number of benzene rings is 2. The highest BCUT2D eigenvalue weighted by molar-refractivity contribution is 5.40. The molecule has 0 saturated carbocycles. The van der Waals surface area contributed by atoms with Gasteiger partial charge in [0.15, 0.2) is 0 Å². The first kappa shape index (κ1) is 23.9. The minimum atomic E-state index is -4.81. The molecule has 3 rings (SSSR count). The average Bonchev–Trinajstić information content (AvgIpc) is 2.79. The highest BCUT2D eigenvalue weighted by atomic mass is 19.4. The zero-order valence-corrected chi connectivity index (χ0v) is 18.2. The van der Waals surface area contributed by atoms with Crippen molar-refractivity contribution in [3.05, 3.63) is 98.8 Å². The van der Waals surface area contributed by atoms with Gasteiger partial charge in [0.1, 0.15) is 30.4 Å². The van der Waals surface area contributed by atoms with Gasteiger partial charge in [-0.15, -0.1) is 0 Å². The number of aromatic nitrogens is 2. The molecule has 2 aromatic carbocycles. The van der Waals surface area contributed by atoms with Gasteiger partial charge < -0.3 is 9.47 Å². The van der Waals surface area contributed by atoms with Crippen LogP contribution in [0.25, 0.3) is 5.69 Å². The molecule has 0 bridgehead atoms.